The molecule has 0 spiro atoms. The summed E-state index contributed by atoms with van der Waals surface area (Å²) in [6.07, 6.45) is -12.9. The molecule has 0 unspecified atom stereocenters. The molecule has 1 rings (SSSR count). The normalized spacial score (nSPS) is 13.6. The van der Waals surface area contributed by atoms with Crippen molar-refractivity contribution in [2.75, 3.05) is 7.11 Å². The molecule has 0 aliphatic heterocycles. The predicted octanol–water partition coefficient (Wildman–Crippen LogP) is 5.60. The number of hydrogen-bond donors (Lipinski definition) is 1. The lowest BCUT2D eigenvalue weighted by atomic mass is 10.2. The number of ether oxygens (including phenoxy) is 1. The molecule has 0 heterocycles. The van der Waals surface area contributed by atoms with Gasteiger partial charge in [-0.25, -0.2) is 9.79 Å². The van der Waals surface area contributed by atoms with Gasteiger partial charge < -0.3 is 4.74 Å². The van der Waals surface area contributed by atoms with Crippen LogP contribution in [-0.2, 0) is 10.9 Å². The quantitative estimate of drug-likeness (QED) is 0.376. The minimum atomic E-state index is -6.20. The van der Waals surface area contributed by atoms with Crippen LogP contribution in [0.25, 0.3) is 0 Å². The van der Waals surface area contributed by atoms with Gasteiger partial charge in [0.25, 0.3) is 0 Å². The fourth-order valence-corrected chi connectivity index (χ4v) is 1.98. The zero-order chi connectivity index (χ0) is 20.5. The molecule has 0 aliphatic rings. The van der Waals surface area contributed by atoms with Gasteiger partial charge in [0.15, 0.2) is 5.84 Å². The largest absolute Gasteiger partial charge is 0.461 e. The molecule has 1 amide bonds. The molecule has 1 aromatic rings. The number of nitrogens with zero attached hydrogens (tertiary/aromatic N) is 1. The molecular formula is C12H6Cl2F8N2O2. The van der Waals surface area contributed by atoms with Crippen LogP contribution in [0.3, 0.4) is 0 Å². The summed E-state index contributed by atoms with van der Waals surface area (Å²) in [6, 6.07) is 0.432. The molecule has 0 aliphatic carbocycles. The first-order valence-corrected chi connectivity index (χ1v) is 6.81. The van der Waals surface area contributed by atoms with Gasteiger partial charge in [-0.05, 0) is 12.1 Å². The Morgan fingerprint density at radius 3 is 1.85 bits per heavy atom. The van der Waals surface area contributed by atoms with E-state index in [9.17, 15) is 39.9 Å². The predicted molar refractivity (Wildman–Crippen MR) is 75.1 cm³/mol. The van der Waals surface area contributed by atoms with Crippen molar-refractivity contribution in [3.05, 3.63) is 27.7 Å². The number of carbonyl (C=O) groups is 1. The van der Waals surface area contributed by atoms with E-state index in [1.165, 1.54) is 0 Å². The fourth-order valence-electron chi connectivity index (χ4n) is 1.41. The van der Waals surface area contributed by atoms with Crippen LogP contribution in [-0.4, -0.2) is 31.1 Å². The average molecular weight is 433 g/mol. The molecule has 0 aromatic heterocycles. The summed E-state index contributed by atoms with van der Waals surface area (Å²) in [6.45, 7) is 0. The van der Waals surface area contributed by atoms with Gasteiger partial charge in [0.1, 0.15) is 5.69 Å². The van der Waals surface area contributed by atoms with Gasteiger partial charge >= 0.3 is 24.4 Å². The number of alkyl carbamates (subject to hydrolysis) is 1. The summed E-state index contributed by atoms with van der Waals surface area (Å²) in [7, 11) is 0.663. The van der Waals surface area contributed by atoms with Gasteiger partial charge in [0, 0.05) is 0 Å². The highest BCUT2D eigenvalue weighted by molar-refractivity contribution is 6.39. The summed E-state index contributed by atoms with van der Waals surface area (Å²) in [5, 5.41) is -0.919. The van der Waals surface area contributed by atoms with E-state index in [2.05, 4.69) is 9.73 Å². The molecule has 146 valence electrons. The number of alkyl halides is 8. The maximum absolute atomic E-state index is 13.5. The summed E-state index contributed by atoms with van der Waals surface area (Å²) in [5.74, 6) is -7.99. The van der Waals surface area contributed by atoms with Crippen LogP contribution >= 0.6 is 23.2 Å². The summed E-state index contributed by atoms with van der Waals surface area (Å²) < 4.78 is 106. The average Bonchev–Trinajstić information content (AvgIpc) is 2.46. The highest BCUT2D eigenvalue weighted by Gasteiger charge is 2.62. The third kappa shape index (κ3) is 4.87. The summed E-state index contributed by atoms with van der Waals surface area (Å²) >= 11 is 10.9. The van der Waals surface area contributed by atoms with Crippen molar-refractivity contribution in [1.82, 2.24) is 5.32 Å². The van der Waals surface area contributed by atoms with Crippen LogP contribution in [0, 0.1) is 0 Å². The molecule has 0 saturated carbocycles. The van der Waals surface area contributed by atoms with E-state index in [0.29, 0.717) is 7.11 Å². The van der Waals surface area contributed by atoms with Crippen LogP contribution in [0.15, 0.2) is 17.1 Å². The fraction of sp³-hybridized carbons (Fsp3) is 0.333. The highest BCUT2D eigenvalue weighted by atomic mass is 35.5. The van der Waals surface area contributed by atoms with E-state index in [-0.39, 0.29) is 12.1 Å². The number of nitrogens with one attached hydrogen (secondary N) is 1. The first-order chi connectivity index (χ1) is 11.6. The maximum atomic E-state index is 13.5. The Hall–Kier alpha value is -1.82. The second-order valence-electron chi connectivity index (χ2n) is 4.44. The Morgan fingerprint density at radius 1 is 1.04 bits per heavy atom. The van der Waals surface area contributed by atoms with Gasteiger partial charge in [0.05, 0.1) is 22.7 Å². The van der Waals surface area contributed by atoms with Crippen molar-refractivity contribution < 1.29 is 44.7 Å². The zero-order valence-corrected chi connectivity index (χ0v) is 13.7. The van der Waals surface area contributed by atoms with Crippen LogP contribution < -0.4 is 5.32 Å². The summed E-state index contributed by atoms with van der Waals surface area (Å²) in [4.78, 5) is 13.8. The lowest BCUT2D eigenvalue weighted by Gasteiger charge is -2.21. The highest BCUT2D eigenvalue weighted by Crippen LogP contribution is 2.42. The molecule has 1 N–H and O–H groups in total. The number of benzene rings is 1. The van der Waals surface area contributed by atoms with Gasteiger partial charge in [-0.1, -0.05) is 23.2 Å². The Labute approximate surface area is 149 Å². The first kappa shape index (κ1) is 22.2. The van der Waals surface area contributed by atoms with E-state index >= 15 is 0 Å². The Balaban J connectivity index is 3.58. The molecule has 0 bridgehead atoms. The second kappa shape index (κ2) is 7.43. The van der Waals surface area contributed by atoms with Gasteiger partial charge in [-0.3, -0.25) is 5.32 Å². The van der Waals surface area contributed by atoms with E-state index in [1.54, 1.807) is 0 Å². The van der Waals surface area contributed by atoms with Crippen molar-refractivity contribution >= 4 is 40.8 Å². The zero-order valence-electron chi connectivity index (χ0n) is 12.2. The minimum Gasteiger partial charge on any atom is -0.453 e. The second-order valence-corrected chi connectivity index (χ2v) is 5.25. The maximum Gasteiger partial charge on any atom is 0.461 e. The van der Waals surface area contributed by atoms with E-state index < -0.39 is 51.5 Å². The molecular weight excluding hydrogens is 427 g/mol. The molecule has 14 heteroatoms. The molecule has 0 atom stereocenters. The Morgan fingerprint density at radius 2 is 1.50 bits per heavy atom. The Kier molecular flexibility index (Phi) is 6.35. The van der Waals surface area contributed by atoms with Crippen LogP contribution in [0.4, 0.5) is 45.6 Å². The first-order valence-electron chi connectivity index (χ1n) is 6.06. The molecule has 4 nitrogen and oxygen atoms in total. The van der Waals surface area contributed by atoms with Crippen molar-refractivity contribution in [3.63, 3.8) is 0 Å². The van der Waals surface area contributed by atoms with Gasteiger partial charge in [-0.2, -0.15) is 35.1 Å². The third-order valence-electron chi connectivity index (χ3n) is 2.63. The van der Waals surface area contributed by atoms with Crippen molar-refractivity contribution in [1.29, 1.82) is 0 Å². The number of amides is 1. The number of halogens is 10. The minimum absolute atomic E-state index is 0.216. The summed E-state index contributed by atoms with van der Waals surface area (Å²) in [5.41, 5.74) is -2.44. The molecule has 1 aromatic carbocycles. The van der Waals surface area contributed by atoms with Crippen molar-refractivity contribution in [3.8, 4) is 0 Å². The van der Waals surface area contributed by atoms with E-state index in [0.717, 1.165) is 5.32 Å². The lowest BCUT2D eigenvalue weighted by Crippen LogP contribution is -2.52. The number of hydrogen-bond acceptors (Lipinski definition) is 3. The topological polar surface area (TPSA) is 50.7 Å². The number of carbonyl (C=O) groups excluding carboxylic acids is 1. The monoisotopic (exact) mass is 432 g/mol. The van der Waals surface area contributed by atoms with E-state index in [1.807, 2.05) is 0 Å². The lowest BCUT2D eigenvalue weighted by molar-refractivity contribution is -0.250. The van der Waals surface area contributed by atoms with Crippen molar-refractivity contribution in [2.45, 2.75) is 18.3 Å². The molecule has 0 fully saturated rings. The van der Waals surface area contributed by atoms with Crippen molar-refractivity contribution in [2.24, 2.45) is 4.99 Å². The molecule has 26 heavy (non-hydrogen) atoms. The third-order valence-corrected chi connectivity index (χ3v) is 3.20. The van der Waals surface area contributed by atoms with Crippen LogP contribution in [0.5, 0.6) is 0 Å². The SMILES string of the molecule is COC(=O)N/C(=N/c1c(Cl)cc(C(F)(F)F)cc1Cl)C(F)(F)C(F)(F)F. The van der Waals surface area contributed by atoms with Crippen LogP contribution in [0.1, 0.15) is 5.56 Å². The number of methoxy groups -OCH3 is 1. The number of aliphatic imine (C=N–C) groups is 1. The standard InChI is InChI=1S/C12H6Cl2F8N2O2/c1-26-9(25)24-8(10(15,16)12(20,21)22)23-7-5(13)2-4(3-6(7)14)11(17,18)19/h2-3H,1H3,(H,23,24,25). The van der Waals surface area contributed by atoms with Gasteiger partial charge in [0.2, 0.25) is 0 Å². The van der Waals surface area contributed by atoms with Gasteiger partial charge in [-0.15, -0.1) is 0 Å². The number of rotatable bonds is 2. The van der Waals surface area contributed by atoms with E-state index in [4.69, 9.17) is 23.2 Å². The number of amidine groups is 1. The smallest absolute Gasteiger partial charge is 0.453 e. The van der Waals surface area contributed by atoms with Crippen LogP contribution in [0.2, 0.25) is 10.0 Å². The molecule has 0 saturated heterocycles. The molecule has 0 radical (unpaired) electrons. The Bertz CT molecular complexity index is 708.